The van der Waals surface area contributed by atoms with Crippen LogP contribution >= 0.6 is 0 Å². The van der Waals surface area contributed by atoms with Crippen molar-refractivity contribution in [3.8, 4) is 17.9 Å². The molecular formula is C28H20N4O3. The molecule has 0 atom stereocenters. The molecule has 0 N–H and O–H groups in total. The first-order valence-corrected chi connectivity index (χ1v) is 11.0. The van der Waals surface area contributed by atoms with Crippen molar-refractivity contribution in [1.82, 2.24) is 9.38 Å². The van der Waals surface area contributed by atoms with Crippen LogP contribution in [0.2, 0.25) is 0 Å². The van der Waals surface area contributed by atoms with Crippen LogP contribution in [0.25, 0.3) is 17.0 Å². The Morgan fingerprint density at radius 2 is 1.69 bits per heavy atom. The molecule has 1 aliphatic heterocycles. The SMILES string of the molecule is CC1(C)OC(c2ccc(C#N)cc2)=C(c2ccc(OCc3nc4ccccn4c3C#N)cc2)C1=O. The Morgan fingerprint density at radius 1 is 0.971 bits per heavy atom. The van der Waals surface area contributed by atoms with Gasteiger partial charge in [0.1, 0.15) is 35.5 Å². The number of hydrogen-bond donors (Lipinski definition) is 0. The van der Waals surface area contributed by atoms with Gasteiger partial charge in [-0.25, -0.2) is 4.98 Å². The third-order valence-corrected chi connectivity index (χ3v) is 5.86. The fraction of sp³-hybridized carbons (Fsp3) is 0.143. The summed E-state index contributed by atoms with van der Waals surface area (Å²) < 4.78 is 13.7. The van der Waals surface area contributed by atoms with Gasteiger partial charge in [0.2, 0.25) is 5.78 Å². The van der Waals surface area contributed by atoms with E-state index in [1.54, 1.807) is 60.8 Å². The van der Waals surface area contributed by atoms with Crippen molar-refractivity contribution in [2.24, 2.45) is 0 Å². The van der Waals surface area contributed by atoms with Crippen molar-refractivity contribution in [3.05, 3.63) is 101 Å². The first-order chi connectivity index (χ1) is 16.9. The molecule has 0 radical (unpaired) electrons. The lowest BCUT2D eigenvalue weighted by molar-refractivity contribution is -0.125. The normalized spacial score (nSPS) is 14.5. The molecule has 0 bridgehead atoms. The lowest BCUT2D eigenvalue weighted by Gasteiger charge is -2.17. The van der Waals surface area contributed by atoms with E-state index in [1.165, 1.54) is 0 Å². The second kappa shape index (κ2) is 8.48. The second-order valence-corrected chi connectivity index (χ2v) is 8.60. The first-order valence-electron chi connectivity index (χ1n) is 11.0. The Morgan fingerprint density at radius 3 is 2.37 bits per heavy atom. The Hall–Kier alpha value is -4.88. The van der Waals surface area contributed by atoms with Gasteiger partial charge in [-0.3, -0.25) is 9.20 Å². The monoisotopic (exact) mass is 460 g/mol. The Balaban J connectivity index is 1.42. The topological polar surface area (TPSA) is 100 Å². The lowest BCUT2D eigenvalue weighted by atomic mass is 9.92. The molecule has 0 spiro atoms. The highest BCUT2D eigenvalue weighted by Crippen LogP contribution is 2.41. The molecule has 2 aromatic carbocycles. The molecule has 0 fully saturated rings. The third kappa shape index (κ3) is 3.90. The Labute approximate surface area is 202 Å². The zero-order valence-electron chi connectivity index (χ0n) is 19.1. The second-order valence-electron chi connectivity index (χ2n) is 8.60. The van der Waals surface area contributed by atoms with Crippen molar-refractivity contribution in [2.45, 2.75) is 26.1 Å². The zero-order valence-corrected chi connectivity index (χ0v) is 19.1. The van der Waals surface area contributed by atoms with Gasteiger partial charge in [0.15, 0.2) is 11.3 Å². The quantitative estimate of drug-likeness (QED) is 0.420. The summed E-state index contributed by atoms with van der Waals surface area (Å²) in [5.41, 5.74) is 3.13. The van der Waals surface area contributed by atoms with E-state index in [-0.39, 0.29) is 12.4 Å². The summed E-state index contributed by atoms with van der Waals surface area (Å²) in [5, 5.41) is 18.6. The van der Waals surface area contributed by atoms with Crippen LogP contribution < -0.4 is 4.74 Å². The van der Waals surface area contributed by atoms with Crippen LogP contribution in [0.1, 0.15) is 41.9 Å². The molecular weight excluding hydrogens is 440 g/mol. The highest BCUT2D eigenvalue weighted by Gasteiger charge is 2.42. The smallest absolute Gasteiger partial charge is 0.210 e. The summed E-state index contributed by atoms with van der Waals surface area (Å²) in [5.74, 6) is 0.955. The number of fused-ring (bicyclic) bond motifs is 1. The summed E-state index contributed by atoms with van der Waals surface area (Å²) in [7, 11) is 0. The third-order valence-electron chi connectivity index (χ3n) is 5.86. The number of hydrogen-bond acceptors (Lipinski definition) is 6. The van der Waals surface area contributed by atoms with E-state index in [0.717, 1.165) is 5.56 Å². The minimum absolute atomic E-state index is 0.117. The molecule has 0 unspecified atom stereocenters. The molecule has 35 heavy (non-hydrogen) atoms. The van der Waals surface area contributed by atoms with E-state index < -0.39 is 5.60 Å². The molecule has 5 rings (SSSR count). The van der Waals surface area contributed by atoms with Gasteiger partial charge in [0.05, 0.1) is 17.2 Å². The van der Waals surface area contributed by atoms with Gasteiger partial charge in [-0.1, -0.05) is 18.2 Å². The average molecular weight is 460 g/mol. The number of pyridine rings is 1. The van der Waals surface area contributed by atoms with Crippen molar-refractivity contribution in [1.29, 1.82) is 10.5 Å². The molecule has 170 valence electrons. The van der Waals surface area contributed by atoms with Gasteiger partial charge in [-0.05, 0) is 67.9 Å². The number of nitriles is 2. The maximum Gasteiger partial charge on any atom is 0.210 e. The summed E-state index contributed by atoms with van der Waals surface area (Å²) in [4.78, 5) is 17.7. The van der Waals surface area contributed by atoms with Crippen LogP contribution in [-0.4, -0.2) is 20.8 Å². The number of aromatic nitrogens is 2. The van der Waals surface area contributed by atoms with Crippen molar-refractivity contribution in [3.63, 3.8) is 0 Å². The molecule has 1 aliphatic rings. The molecule has 2 aromatic heterocycles. The number of ketones is 1. The van der Waals surface area contributed by atoms with E-state index in [1.807, 2.05) is 30.3 Å². The molecule has 4 aromatic rings. The van der Waals surface area contributed by atoms with Gasteiger partial charge < -0.3 is 9.47 Å². The lowest BCUT2D eigenvalue weighted by Crippen LogP contribution is -2.29. The van der Waals surface area contributed by atoms with Gasteiger partial charge >= 0.3 is 0 Å². The van der Waals surface area contributed by atoms with Crippen molar-refractivity contribution >= 4 is 22.8 Å². The highest BCUT2D eigenvalue weighted by molar-refractivity contribution is 6.32. The minimum atomic E-state index is -0.995. The number of nitrogens with zero attached hydrogens (tertiary/aromatic N) is 4. The van der Waals surface area contributed by atoms with Crippen LogP contribution in [-0.2, 0) is 16.1 Å². The van der Waals surface area contributed by atoms with Gasteiger partial charge in [0.25, 0.3) is 0 Å². The summed E-state index contributed by atoms with van der Waals surface area (Å²) in [6.07, 6.45) is 1.79. The molecule has 0 amide bonds. The van der Waals surface area contributed by atoms with Gasteiger partial charge in [-0.15, -0.1) is 0 Å². The van der Waals surface area contributed by atoms with E-state index in [0.29, 0.717) is 45.2 Å². The molecule has 0 aliphatic carbocycles. The maximum absolute atomic E-state index is 13.2. The largest absolute Gasteiger partial charge is 0.487 e. The molecule has 7 nitrogen and oxygen atoms in total. The number of imidazole rings is 1. The summed E-state index contributed by atoms with van der Waals surface area (Å²) in [6.45, 7) is 3.62. The number of Topliss-reactive ketones (excluding diaryl/α,β-unsaturated/α-hetero) is 1. The molecule has 0 saturated heterocycles. The zero-order chi connectivity index (χ0) is 24.6. The summed E-state index contributed by atoms with van der Waals surface area (Å²) >= 11 is 0. The number of rotatable bonds is 5. The van der Waals surface area contributed by atoms with Crippen molar-refractivity contribution < 1.29 is 14.3 Å². The standard InChI is InChI=1S/C28H20N4O3/c1-28(2)27(33)25(26(35-28)20-8-6-18(15-29)7-9-20)19-10-12-21(13-11-19)34-17-22-23(16-30)32-14-4-3-5-24(32)31-22/h3-14H,17H2,1-2H3. The van der Waals surface area contributed by atoms with E-state index in [4.69, 9.17) is 14.7 Å². The molecule has 3 heterocycles. The number of ether oxygens (including phenoxy) is 2. The van der Waals surface area contributed by atoms with Crippen LogP contribution in [0.3, 0.4) is 0 Å². The highest BCUT2D eigenvalue weighted by atomic mass is 16.5. The fourth-order valence-corrected chi connectivity index (χ4v) is 4.05. The fourth-order valence-electron chi connectivity index (χ4n) is 4.05. The van der Waals surface area contributed by atoms with Crippen LogP contribution in [0.15, 0.2) is 72.9 Å². The van der Waals surface area contributed by atoms with E-state index >= 15 is 0 Å². The Bertz CT molecular complexity index is 1560. The predicted octanol–water partition coefficient (Wildman–Crippen LogP) is 4.90. The minimum Gasteiger partial charge on any atom is -0.487 e. The number of carbonyl (C=O) groups excluding carboxylic acids is 1. The van der Waals surface area contributed by atoms with Crippen LogP contribution in [0, 0.1) is 22.7 Å². The Kier molecular flexibility index (Phi) is 5.31. The summed E-state index contributed by atoms with van der Waals surface area (Å²) in [6, 6.07) is 24.0. The van der Waals surface area contributed by atoms with Crippen LogP contribution in [0.4, 0.5) is 0 Å². The molecule has 7 heteroatoms. The number of carbonyl (C=O) groups is 1. The van der Waals surface area contributed by atoms with Crippen molar-refractivity contribution in [2.75, 3.05) is 0 Å². The average Bonchev–Trinajstić information content (AvgIpc) is 3.36. The maximum atomic E-state index is 13.2. The molecule has 0 saturated carbocycles. The van der Waals surface area contributed by atoms with E-state index in [9.17, 15) is 10.1 Å². The van der Waals surface area contributed by atoms with Gasteiger partial charge in [0, 0.05) is 11.8 Å². The number of benzene rings is 2. The van der Waals surface area contributed by atoms with E-state index in [2.05, 4.69) is 17.1 Å². The first kappa shape index (κ1) is 21.9. The van der Waals surface area contributed by atoms with Crippen LogP contribution in [0.5, 0.6) is 5.75 Å². The predicted molar refractivity (Wildman–Crippen MR) is 129 cm³/mol. The van der Waals surface area contributed by atoms with Gasteiger partial charge in [-0.2, -0.15) is 10.5 Å².